The normalized spacial score (nSPS) is 20.6. The highest BCUT2D eigenvalue weighted by Crippen LogP contribution is 2.23. The van der Waals surface area contributed by atoms with Crippen LogP contribution in [0.3, 0.4) is 0 Å². The highest BCUT2D eigenvalue weighted by molar-refractivity contribution is 5.90. The average Bonchev–Trinajstić information content (AvgIpc) is 2.47. The number of carbonyl (C=O) groups is 3. The SMILES string of the molecule is CC1=C2CN(CC=O)C(=O)N2CC(=O)N1. The molecule has 2 aliphatic heterocycles. The molecule has 6 nitrogen and oxygen atoms in total. The Morgan fingerprint density at radius 2 is 2.13 bits per heavy atom. The van der Waals surface area contributed by atoms with E-state index in [2.05, 4.69) is 5.32 Å². The van der Waals surface area contributed by atoms with Crippen LogP contribution in [0.1, 0.15) is 6.92 Å². The van der Waals surface area contributed by atoms with Gasteiger partial charge < -0.3 is 15.0 Å². The van der Waals surface area contributed by atoms with Gasteiger partial charge in [0.05, 0.1) is 18.8 Å². The van der Waals surface area contributed by atoms with Crippen molar-refractivity contribution in [3.05, 3.63) is 11.4 Å². The number of allylic oxidation sites excluding steroid dienone is 1. The molecule has 0 aliphatic carbocycles. The summed E-state index contributed by atoms with van der Waals surface area (Å²) in [5.41, 5.74) is 1.47. The van der Waals surface area contributed by atoms with Gasteiger partial charge in [0.15, 0.2) is 0 Å². The van der Waals surface area contributed by atoms with Crippen molar-refractivity contribution < 1.29 is 14.4 Å². The number of hydrogen-bond donors (Lipinski definition) is 1. The molecule has 80 valence electrons. The molecule has 2 heterocycles. The molecule has 2 aliphatic rings. The molecule has 0 atom stereocenters. The standard InChI is InChI=1S/C9H11N3O3/c1-6-7-4-11(2-3-13)9(15)12(7)5-8(14)10-6/h3H,2,4-5H2,1H3,(H,10,14). The number of nitrogens with one attached hydrogen (secondary N) is 1. The van der Waals surface area contributed by atoms with Crippen molar-refractivity contribution in [3.8, 4) is 0 Å². The van der Waals surface area contributed by atoms with Crippen LogP contribution < -0.4 is 5.32 Å². The first-order valence-corrected chi connectivity index (χ1v) is 4.63. The molecule has 0 bridgehead atoms. The summed E-state index contributed by atoms with van der Waals surface area (Å²) in [5, 5.41) is 2.67. The zero-order chi connectivity index (χ0) is 11.0. The zero-order valence-corrected chi connectivity index (χ0v) is 8.32. The third-order valence-corrected chi connectivity index (χ3v) is 2.52. The Labute approximate surface area is 86.5 Å². The fourth-order valence-corrected chi connectivity index (χ4v) is 1.80. The van der Waals surface area contributed by atoms with E-state index >= 15 is 0 Å². The van der Waals surface area contributed by atoms with Crippen LogP contribution in [-0.2, 0) is 9.59 Å². The number of urea groups is 1. The van der Waals surface area contributed by atoms with Gasteiger partial charge in [-0.3, -0.25) is 9.69 Å². The fraction of sp³-hybridized carbons (Fsp3) is 0.444. The largest absolute Gasteiger partial charge is 0.327 e. The Bertz CT molecular complexity index is 375. The van der Waals surface area contributed by atoms with Crippen LogP contribution >= 0.6 is 0 Å². The number of hydrogen-bond acceptors (Lipinski definition) is 3. The van der Waals surface area contributed by atoms with Gasteiger partial charge in [0.2, 0.25) is 5.91 Å². The van der Waals surface area contributed by atoms with Crippen LogP contribution in [0.15, 0.2) is 11.4 Å². The van der Waals surface area contributed by atoms with Crippen molar-refractivity contribution in [1.82, 2.24) is 15.1 Å². The highest BCUT2D eigenvalue weighted by Gasteiger charge is 2.37. The quantitative estimate of drug-likeness (QED) is 0.610. The molecule has 0 aromatic carbocycles. The molecule has 0 aromatic rings. The minimum absolute atomic E-state index is 0.0425. The lowest BCUT2D eigenvalue weighted by atomic mass is 10.2. The molecule has 0 spiro atoms. The molecule has 0 unspecified atom stereocenters. The summed E-state index contributed by atoms with van der Waals surface area (Å²) < 4.78 is 0. The topological polar surface area (TPSA) is 69.7 Å². The van der Waals surface area contributed by atoms with Crippen LogP contribution in [0, 0.1) is 0 Å². The molecular formula is C9H11N3O3. The number of fused-ring (bicyclic) bond motifs is 1. The van der Waals surface area contributed by atoms with Gasteiger partial charge in [-0.2, -0.15) is 0 Å². The smallest absolute Gasteiger partial charge is 0.325 e. The minimum atomic E-state index is -0.272. The zero-order valence-electron chi connectivity index (χ0n) is 8.32. The summed E-state index contributed by atoms with van der Waals surface area (Å²) >= 11 is 0. The molecule has 3 amide bonds. The van der Waals surface area contributed by atoms with Gasteiger partial charge in [-0.15, -0.1) is 0 Å². The van der Waals surface area contributed by atoms with E-state index in [1.165, 1.54) is 9.80 Å². The Morgan fingerprint density at radius 1 is 1.40 bits per heavy atom. The van der Waals surface area contributed by atoms with Crippen molar-refractivity contribution in [2.24, 2.45) is 0 Å². The van der Waals surface area contributed by atoms with Crippen LogP contribution in [0.4, 0.5) is 4.79 Å². The van der Waals surface area contributed by atoms with Gasteiger partial charge in [-0.25, -0.2) is 4.79 Å². The number of carbonyl (C=O) groups excluding carboxylic acids is 3. The van der Waals surface area contributed by atoms with Crippen LogP contribution in [0.5, 0.6) is 0 Å². The highest BCUT2D eigenvalue weighted by atomic mass is 16.2. The van der Waals surface area contributed by atoms with Gasteiger partial charge >= 0.3 is 6.03 Å². The second kappa shape index (κ2) is 3.38. The summed E-state index contributed by atoms with van der Waals surface area (Å²) in [7, 11) is 0. The van der Waals surface area contributed by atoms with Gasteiger partial charge in [0, 0.05) is 5.70 Å². The summed E-state index contributed by atoms with van der Waals surface area (Å²) in [6.45, 7) is 2.25. The van der Waals surface area contributed by atoms with E-state index in [0.717, 1.165) is 5.70 Å². The van der Waals surface area contributed by atoms with Gasteiger partial charge in [0.1, 0.15) is 12.8 Å². The van der Waals surface area contributed by atoms with E-state index < -0.39 is 0 Å². The first kappa shape index (κ1) is 9.70. The van der Waals surface area contributed by atoms with E-state index in [1.807, 2.05) is 0 Å². The van der Waals surface area contributed by atoms with Gasteiger partial charge in [-0.05, 0) is 6.92 Å². The van der Waals surface area contributed by atoms with Crippen molar-refractivity contribution in [1.29, 1.82) is 0 Å². The second-order valence-electron chi connectivity index (χ2n) is 3.54. The molecule has 2 rings (SSSR count). The third kappa shape index (κ3) is 1.47. The first-order valence-electron chi connectivity index (χ1n) is 4.63. The molecule has 0 radical (unpaired) electrons. The van der Waals surface area contributed by atoms with Gasteiger partial charge in [0.25, 0.3) is 0 Å². The fourth-order valence-electron chi connectivity index (χ4n) is 1.80. The van der Waals surface area contributed by atoms with Crippen molar-refractivity contribution in [3.63, 3.8) is 0 Å². The Morgan fingerprint density at radius 3 is 2.80 bits per heavy atom. The molecule has 15 heavy (non-hydrogen) atoms. The van der Waals surface area contributed by atoms with Crippen molar-refractivity contribution in [2.45, 2.75) is 6.92 Å². The molecular weight excluding hydrogens is 198 g/mol. The van der Waals surface area contributed by atoms with Gasteiger partial charge in [-0.1, -0.05) is 0 Å². The number of nitrogens with zero attached hydrogens (tertiary/aromatic N) is 2. The monoisotopic (exact) mass is 209 g/mol. The van der Waals surface area contributed by atoms with Crippen molar-refractivity contribution in [2.75, 3.05) is 19.6 Å². The van der Waals surface area contributed by atoms with E-state index in [0.29, 0.717) is 18.5 Å². The maximum Gasteiger partial charge on any atom is 0.325 e. The lowest BCUT2D eigenvalue weighted by Gasteiger charge is -2.23. The van der Waals surface area contributed by atoms with Crippen LogP contribution in [0.2, 0.25) is 0 Å². The number of rotatable bonds is 2. The summed E-state index contributed by atoms with van der Waals surface area (Å²) in [4.78, 5) is 36.1. The number of aldehydes is 1. The molecule has 1 fully saturated rings. The maximum atomic E-state index is 11.7. The minimum Gasteiger partial charge on any atom is -0.327 e. The lowest BCUT2D eigenvalue weighted by Crippen LogP contribution is -2.43. The van der Waals surface area contributed by atoms with Crippen LogP contribution in [-0.4, -0.2) is 47.7 Å². The molecule has 0 saturated carbocycles. The van der Waals surface area contributed by atoms with E-state index in [4.69, 9.17) is 0 Å². The van der Waals surface area contributed by atoms with E-state index in [1.54, 1.807) is 6.92 Å². The lowest BCUT2D eigenvalue weighted by molar-refractivity contribution is -0.121. The Balaban J connectivity index is 2.28. The number of amides is 3. The predicted molar refractivity (Wildman–Crippen MR) is 50.6 cm³/mol. The molecule has 6 heteroatoms. The third-order valence-electron chi connectivity index (χ3n) is 2.52. The first-order chi connectivity index (χ1) is 7.13. The second-order valence-corrected chi connectivity index (χ2v) is 3.54. The predicted octanol–water partition coefficient (Wildman–Crippen LogP) is -0.716. The molecule has 0 aromatic heterocycles. The van der Waals surface area contributed by atoms with E-state index in [-0.39, 0.29) is 25.0 Å². The average molecular weight is 209 g/mol. The van der Waals surface area contributed by atoms with Crippen LogP contribution in [0.25, 0.3) is 0 Å². The maximum absolute atomic E-state index is 11.7. The Kier molecular flexibility index (Phi) is 2.18. The summed E-state index contributed by atoms with van der Waals surface area (Å²) in [5.74, 6) is -0.197. The Hall–Kier alpha value is -1.85. The molecule has 1 N–H and O–H groups in total. The summed E-state index contributed by atoms with van der Waals surface area (Å²) in [6, 6.07) is -0.272. The van der Waals surface area contributed by atoms with E-state index in [9.17, 15) is 14.4 Å². The van der Waals surface area contributed by atoms with Crippen molar-refractivity contribution >= 4 is 18.2 Å². The summed E-state index contributed by atoms with van der Waals surface area (Å²) in [6.07, 6.45) is 0.682. The molecule has 1 saturated heterocycles.